The molecule has 16 atom stereocenters. The minimum absolute atomic E-state index is 0.133. The van der Waals surface area contributed by atoms with Gasteiger partial charge in [-0.05, 0) is 179 Å². The van der Waals surface area contributed by atoms with E-state index in [1.807, 2.05) is 36.5 Å². The third-order valence-electron chi connectivity index (χ3n) is 18.9. The number of carbonyl (C=O) groups excluding carboxylic acids is 1. The van der Waals surface area contributed by atoms with E-state index >= 15 is 0 Å². The van der Waals surface area contributed by atoms with Gasteiger partial charge in [0.05, 0.1) is 42.3 Å². The van der Waals surface area contributed by atoms with E-state index in [0.717, 1.165) is 94.9 Å². The number of Topliss-reactive ketones (excluding diaryl/α,β-unsaturated/α-hetero) is 1. The van der Waals surface area contributed by atoms with E-state index in [4.69, 9.17) is 10.7 Å². The Kier molecular flexibility index (Phi) is 12.4. The number of nitrogens with zero attached hydrogens (tertiary/aromatic N) is 3. The SMILES string of the molecule is C[C@]12CC[C@@H](O)CC1C[C@@H](O)[C@@H]1[C@@H]2CC[C@]2(C)C(=NCc3ccccn3)CC[C@@H]12.C[C@]12CC[C@@H](O)CC1C[C@@H](O)[C@@H]1[C@@H]2CC[C@]2(C)C(=O)CC[C@@H]12.NCc1ccccn1. The summed E-state index contributed by atoms with van der Waals surface area (Å²) in [7, 11) is 0. The van der Waals surface area contributed by atoms with Crippen molar-refractivity contribution in [1.82, 2.24) is 9.97 Å². The summed E-state index contributed by atoms with van der Waals surface area (Å²) in [6, 6.07) is 11.7. The molecule has 8 aliphatic rings. The Morgan fingerprint density at radius 1 is 0.627 bits per heavy atom. The molecule has 2 heterocycles. The van der Waals surface area contributed by atoms with Gasteiger partial charge >= 0.3 is 0 Å². The second-order valence-corrected chi connectivity index (χ2v) is 21.5. The molecule has 9 heteroatoms. The van der Waals surface area contributed by atoms with Gasteiger partial charge in [-0.1, -0.05) is 39.8 Å². The van der Waals surface area contributed by atoms with Gasteiger partial charge in [0.1, 0.15) is 5.78 Å². The maximum atomic E-state index is 12.4. The molecule has 2 aromatic rings. The lowest BCUT2D eigenvalue weighted by Gasteiger charge is -2.61. The molecule has 9 nitrogen and oxygen atoms in total. The number of fused-ring (bicyclic) bond motifs is 10. The average Bonchev–Trinajstić information content (AvgIpc) is 3.74. The number of pyridine rings is 2. The number of aliphatic hydroxyl groups excluding tert-OH is 4. The Bertz CT molecular complexity index is 1800. The molecule has 0 aromatic carbocycles. The van der Waals surface area contributed by atoms with Crippen LogP contribution in [0.3, 0.4) is 0 Å². The lowest BCUT2D eigenvalue weighted by atomic mass is 9.44. The summed E-state index contributed by atoms with van der Waals surface area (Å²) < 4.78 is 0. The van der Waals surface area contributed by atoms with Crippen molar-refractivity contribution in [1.29, 1.82) is 0 Å². The number of hydrogen-bond donors (Lipinski definition) is 5. The molecular weight excluding hydrogens is 737 g/mol. The largest absolute Gasteiger partial charge is 0.393 e. The molecule has 2 aromatic heterocycles. The average molecular weight is 811 g/mol. The van der Waals surface area contributed by atoms with Crippen molar-refractivity contribution in [2.75, 3.05) is 0 Å². The molecule has 10 rings (SSSR count). The van der Waals surface area contributed by atoms with Gasteiger partial charge in [-0.3, -0.25) is 19.8 Å². The molecule has 8 saturated carbocycles. The number of ketones is 1. The zero-order valence-corrected chi connectivity index (χ0v) is 36.4. The lowest BCUT2D eigenvalue weighted by molar-refractivity contribution is -0.171. The molecule has 0 aliphatic heterocycles. The van der Waals surface area contributed by atoms with Crippen molar-refractivity contribution in [2.45, 2.75) is 168 Å². The summed E-state index contributed by atoms with van der Waals surface area (Å²) in [5.74, 6) is 4.14. The second kappa shape index (κ2) is 17.0. The van der Waals surface area contributed by atoms with Crippen LogP contribution in [0.15, 0.2) is 53.8 Å². The van der Waals surface area contributed by atoms with E-state index in [2.05, 4.69) is 43.7 Å². The topological polar surface area (TPSA) is 162 Å². The molecule has 0 amide bonds. The molecule has 2 unspecified atom stereocenters. The molecule has 8 fully saturated rings. The van der Waals surface area contributed by atoms with E-state index in [1.165, 1.54) is 25.0 Å². The van der Waals surface area contributed by atoms with Crippen molar-refractivity contribution in [3.05, 3.63) is 60.2 Å². The van der Waals surface area contributed by atoms with Gasteiger partial charge in [-0.15, -0.1) is 0 Å². The lowest BCUT2D eigenvalue weighted by Crippen LogP contribution is -2.58. The van der Waals surface area contributed by atoms with E-state index < -0.39 is 0 Å². The fourth-order valence-corrected chi connectivity index (χ4v) is 15.4. The zero-order chi connectivity index (χ0) is 41.7. The van der Waals surface area contributed by atoms with Crippen molar-refractivity contribution < 1.29 is 25.2 Å². The minimum atomic E-state index is -0.274. The van der Waals surface area contributed by atoms with Crippen LogP contribution in [0, 0.1) is 69.0 Å². The number of rotatable bonds is 3. The number of aromatic nitrogens is 2. The number of aliphatic imine (C=N–C) groups is 1. The predicted octanol–water partition coefficient (Wildman–Crippen LogP) is 7.87. The Hall–Kier alpha value is -2.56. The van der Waals surface area contributed by atoms with Gasteiger partial charge < -0.3 is 26.2 Å². The van der Waals surface area contributed by atoms with Crippen LogP contribution in [-0.4, -0.2) is 66.3 Å². The van der Waals surface area contributed by atoms with E-state index in [0.29, 0.717) is 66.2 Å². The van der Waals surface area contributed by atoms with Crippen LogP contribution < -0.4 is 5.73 Å². The molecule has 0 bridgehead atoms. The van der Waals surface area contributed by atoms with Gasteiger partial charge in [0, 0.05) is 41.9 Å². The molecular formula is C50H74N4O5. The smallest absolute Gasteiger partial charge is 0.139 e. The van der Waals surface area contributed by atoms with Crippen molar-refractivity contribution in [2.24, 2.45) is 79.7 Å². The Morgan fingerprint density at radius 2 is 1.14 bits per heavy atom. The molecule has 0 radical (unpaired) electrons. The fraction of sp³-hybridized carbons (Fsp3) is 0.760. The predicted molar refractivity (Wildman–Crippen MR) is 231 cm³/mol. The van der Waals surface area contributed by atoms with Gasteiger partial charge in [0.2, 0.25) is 0 Å². The monoisotopic (exact) mass is 811 g/mol. The first kappa shape index (κ1) is 43.1. The van der Waals surface area contributed by atoms with Crippen LogP contribution in [0.2, 0.25) is 0 Å². The summed E-state index contributed by atoms with van der Waals surface area (Å²) in [6.07, 6.45) is 18.7. The molecule has 8 aliphatic carbocycles. The van der Waals surface area contributed by atoms with Crippen LogP contribution in [0.25, 0.3) is 0 Å². The van der Waals surface area contributed by atoms with Crippen LogP contribution in [0.1, 0.15) is 142 Å². The molecule has 0 spiro atoms. The van der Waals surface area contributed by atoms with Crippen LogP contribution >= 0.6 is 0 Å². The van der Waals surface area contributed by atoms with E-state index in [9.17, 15) is 25.2 Å². The zero-order valence-electron chi connectivity index (χ0n) is 36.4. The van der Waals surface area contributed by atoms with Gasteiger partial charge in [0.25, 0.3) is 0 Å². The maximum Gasteiger partial charge on any atom is 0.139 e. The normalized spacial score (nSPS) is 46.5. The highest BCUT2D eigenvalue weighted by atomic mass is 16.3. The van der Waals surface area contributed by atoms with Crippen LogP contribution in [0.5, 0.6) is 0 Å². The first-order valence-corrected chi connectivity index (χ1v) is 23.5. The quantitative estimate of drug-likeness (QED) is 0.209. The third kappa shape index (κ3) is 7.80. The summed E-state index contributed by atoms with van der Waals surface area (Å²) in [4.78, 5) is 25.9. The molecule has 59 heavy (non-hydrogen) atoms. The standard InChI is InChI=1S/C25H36N2O2.C19H30O3.C6H8N2/c1-24-10-8-18(28)13-16(24)14-21(29)23-19-6-7-22(25(19,2)11-9-20(23)24)27-15-17-5-3-4-12-26-17;1-18-7-5-12(20)9-11(18)10-15(21)17-13-3-4-16(22)19(13,2)8-6-14(17)18;7-5-6-3-1-2-4-8-6/h3-5,12,16,18-21,23,28-29H,6-11,13-15H2,1-2H3;11-15,17,20-21H,3-10H2,1-2H3;1-4H,5,7H2/t16?,18-,19+,20+,21-,23+,24+,25+;11?,12-,13+,14+,15-,17+,18+,19+;/m11./s1. The Morgan fingerprint density at radius 3 is 1.64 bits per heavy atom. The van der Waals surface area contributed by atoms with E-state index in [1.54, 1.807) is 6.20 Å². The van der Waals surface area contributed by atoms with Crippen LogP contribution in [-0.2, 0) is 17.9 Å². The molecule has 6 N–H and O–H groups in total. The summed E-state index contributed by atoms with van der Waals surface area (Å²) in [6.45, 7) is 10.7. The number of nitrogens with two attached hydrogens (primary N) is 1. The first-order valence-electron chi connectivity index (χ1n) is 23.5. The first-order chi connectivity index (χ1) is 28.2. The van der Waals surface area contributed by atoms with E-state index in [-0.39, 0.29) is 46.1 Å². The number of carbonyl (C=O) groups is 1. The summed E-state index contributed by atoms with van der Waals surface area (Å²) in [5.41, 5.74) is 9.14. The summed E-state index contributed by atoms with van der Waals surface area (Å²) >= 11 is 0. The van der Waals surface area contributed by atoms with Crippen LogP contribution in [0.4, 0.5) is 0 Å². The highest BCUT2D eigenvalue weighted by Crippen LogP contribution is 2.67. The highest BCUT2D eigenvalue weighted by Gasteiger charge is 2.64. The fourth-order valence-electron chi connectivity index (χ4n) is 15.4. The Balaban J connectivity index is 0.000000142. The Labute approximate surface area is 353 Å². The van der Waals surface area contributed by atoms with Crippen molar-refractivity contribution in [3.63, 3.8) is 0 Å². The minimum Gasteiger partial charge on any atom is -0.393 e. The molecule has 0 saturated heterocycles. The maximum absolute atomic E-state index is 12.4. The summed E-state index contributed by atoms with van der Waals surface area (Å²) in [5, 5.41) is 42.4. The highest BCUT2D eigenvalue weighted by molar-refractivity contribution is 5.92. The number of hydrogen-bond acceptors (Lipinski definition) is 9. The van der Waals surface area contributed by atoms with Gasteiger partial charge in [-0.25, -0.2) is 0 Å². The van der Waals surface area contributed by atoms with Crippen molar-refractivity contribution in [3.8, 4) is 0 Å². The van der Waals surface area contributed by atoms with Gasteiger partial charge in [-0.2, -0.15) is 0 Å². The number of aliphatic hydroxyl groups is 4. The van der Waals surface area contributed by atoms with Gasteiger partial charge in [0.15, 0.2) is 0 Å². The van der Waals surface area contributed by atoms with Crippen molar-refractivity contribution >= 4 is 11.5 Å². The third-order valence-corrected chi connectivity index (χ3v) is 18.9. The molecule has 324 valence electrons. The second-order valence-electron chi connectivity index (χ2n) is 21.5.